The molecule has 1 amide bonds. The molecule has 1 aromatic heterocycles. The third kappa shape index (κ3) is 4.18. The summed E-state index contributed by atoms with van der Waals surface area (Å²) in [5.74, 6) is -0.482. The van der Waals surface area contributed by atoms with E-state index in [2.05, 4.69) is 4.98 Å². The highest BCUT2D eigenvalue weighted by molar-refractivity contribution is 7.92. The topological polar surface area (TPSA) is 67.3 Å². The molecular formula is C19H21F3N2O3S2. The van der Waals surface area contributed by atoms with Crippen molar-refractivity contribution >= 4 is 27.1 Å². The molecule has 1 fully saturated rings. The lowest BCUT2D eigenvalue weighted by atomic mass is 9.86. The number of thiazole rings is 1. The van der Waals surface area contributed by atoms with E-state index in [4.69, 9.17) is 0 Å². The molecule has 2 heterocycles. The molecule has 0 radical (unpaired) electrons. The van der Waals surface area contributed by atoms with Gasteiger partial charge in [0.15, 0.2) is 9.84 Å². The van der Waals surface area contributed by atoms with Crippen LogP contribution < -0.4 is 0 Å². The Hall–Kier alpha value is -1.94. The smallest absolute Gasteiger partial charge is 0.337 e. The number of alkyl halides is 3. The van der Waals surface area contributed by atoms with Crippen molar-refractivity contribution in [2.75, 3.05) is 13.1 Å². The Balaban J connectivity index is 1.78. The number of amides is 1. The summed E-state index contributed by atoms with van der Waals surface area (Å²) >= 11 is 1.32. The molecule has 0 unspecified atom stereocenters. The number of sulfone groups is 1. The molecule has 0 atom stereocenters. The van der Waals surface area contributed by atoms with Crippen molar-refractivity contribution in [3.8, 4) is 0 Å². The first kappa shape index (κ1) is 21.8. The fourth-order valence-electron chi connectivity index (χ4n) is 3.62. The number of carbonyl (C=O) groups excluding carboxylic acids is 1. The van der Waals surface area contributed by atoms with Crippen molar-refractivity contribution in [2.45, 2.75) is 42.5 Å². The van der Waals surface area contributed by atoms with Crippen LogP contribution in [0.15, 0.2) is 40.1 Å². The van der Waals surface area contributed by atoms with Crippen molar-refractivity contribution in [3.63, 3.8) is 0 Å². The molecule has 1 aliphatic rings. The van der Waals surface area contributed by atoms with E-state index in [1.165, 1.54) is 17.4 Å². The SMILES string of the molecule is CC(C)(C1CCN(C(=O)c2cscn2)CC1)S(=O)(=O)c1cccc(C(F)(F)F)c1. The van der Waals surface area contributed by atoms with Crippen molar-refractivity contribution in [2.24, 2.45) is 5.92 Å². The number of nitrogens with zero attached hydrogens (tertiary/aromatic N) is 2. The van der Waals surface area contributed by atoms with Gasteiger partial charge in [-0.05, 0) is 50.8 Å². The first-order chi connectivity index (χ1) is 13.4. The van der Waals surface area contributed by atoms with Gasteiger partial charge in [0.1, 0.15) is 5.69 Å². The third-order valence-electron chi connectivity index (χ3n) is 5.58. The number of aromatic nitrogens is 1. The number of halogens is 3. The van der Waals surface area contributed by atoms with Crippen LogP contribution in [0.5, 0.6) is 0 Å². The number of piperidine rings is 1. The highest BCUT2D eigenvalue weighted by Crippen LogP contribution is 2.39. The summed E-state index contributed by atoms with van der Waals surface area (Å²) in [5, 5.41) is 1.66. The van der Waals surface area contributed by atoms with E-state index >= 15 is 0 Å². The van der Waals surface area contributed by atoms with Gasteiger partial charge in [0.05, 0.1) is 20.7 Å². The molecule has 5 nitrogen and oxygen atoms in total. The Labute approximate surface area is 171 Å². The maximum Gasteiger partial charge on any atom is 0.416 e. The van der Waals surface area contributed by atoms with Gasteiger partial charge in [-0.3, -0.25) is 4.79 Å². The molecule has 1 saturated heterocycles. The van der Waals surface area contributed by atoms with E-state index in [-0.39, 0.29) is 16.7 Å². The molecular weight excluding hydrogens is 425 g/mol. The predicted molar refractivity (Wildman–Crippen MR) is 103 cm³/mol. The maximum atomic E-state index is 13.2. The highest BCUT2D eigenvalue weighted by Gasteiger charge is 2.45. The van der Waals surface area contributed by atoms with Crippen LogP contribution in [0.2, 0.25) is 0 Å². The van der Waals surface area contributed by atoms with E-state index in [0.717, 1.165) is 12.1 Å². The van der Waals surface area contributed by atoms with Gasteiger partial charge in [0, 0.05) is 18.5 Å². The van der Waals surface area contributed by atoms with Crippen LogP contribution in [0.4, 0.5) is 13.2 Å². The summed E-state index contributed by atoms with van der Waals surface area (Å²) in [6, 6.07) is 3.86. The predicted octanol–water partition coefficient (Wildman–Crippen LogP) is 4.27. The van der Waals surface area contributed by atoms with Crippen molar-refractivity contribution in [1.29, 1.82) is 0 Å². The van der Waals surface area contributed by atoms with E-state index in [9.17, 15) is 26.4 Å². The minimum Gasteiger partial charge on any atom is -0.337 e. The molecule has 0 spiro atoms. The largest absolute Gasteiger partial charge is 0.416 e. The van der Waals surface area contributed by atoms with Gasteiger partial charge < -0.3 is 4.90 Å². The van der Waals surface area contributed by atoms with E-state index < -0.39 is 26.3 Å². The first-order valence-corrected chi connectivity index (χ1v) is 11.5. The minimum absolute atomic E-state index is 0.191. The second kappa shape index (κ2) is 7.71. The molecule has 0 saturated carbocycles. The summed E-state index contributed by atoms with van der Waals surface area (Å²) in [7, 11) is -4.02. The van der Waals surface area contributed by atoms with Crippen LogP contribution in [0.1, 0.15) is 42.7 Å². The number of hydrogen-bond acceptors (Lipinski definition) is 5. The average molecular weight is 447 g/mol. The van der Waals surface area contributed by atoms with Crippen LogP contribution in [0.25, 0.3) is 0 Å². The lowest BCUT2D eigenvalue weighted by molar-refractivity contribution is -0.137. The van der Waals surface area contributed by atoms with Crippen LogP contribution in [0.3, 0.4) is 0 Å². The second-order valence-corrected chi connectivity index (χ2v) is 10.8. The van der Waals surface area contributed by atoms with Gasteiger partial charge in [0.2, 0.25) is 0 Å². The third-order valence-corrected chi connectivity index (χ3v) is 8.76. The minimum atomic E-state index is -4.61. The lowest BCUT2D eigenvalue weighted by Gasteiger charge is -2.40. The van der Waals surface area contributed by atoms with Gasteiger partial charge >= 0.3 is 6.18 Å². The maximum absolute atomic E-state index is 13.2. The Morgan fingerprint density at radius 1 is 1.21 bits per heavy atom. The van der Waals surface area contributed by atoms with Crippen molar-refractivity contribution < 1.29 is 26.4 Å². The molecule has 2 aromatic rings. The molecule has 0 N–H and O–H groups in total. The summed E-state index contributed by atoms with van der Waals surface area (Å²) in [4.78, 5) is 17.7. The molecule has 1 aromatic carbocycles. The van der Waals surface area contributed by atoms with Crippen molar-refractivity contribution in [3.05, 3.63) is 46.4 Å². The van der Waals surface area contributed by atoms with Gasteiger partial charge in [0.25, 0.3) is 5.91 Å². The summed E-state index contributed by atoms with van der Waals surface area (Å²) in [6.07, 6.45) is -3.72. The Morgan fingerprint density at radius 2 is 1.86 bits per heavy atom. The number of likely N-dealkylation sites (tertiary alicyclic amines) is 1. The van der Waals surface area contributed by atoms with Gasteiger partial charge in [-0.15, -0.1) is 11.3 Å². The molecule has 0 aliphatic carbocycles. The molecule has 3 rings (SSSR count). The van der Waals surface area contributed by atoms with Gasteiger partial charge in [-0.25, -0.2) is 13.4 Å². The van der Waals surface area contributed by atoms with Crippen LogP contribution >= 0.6 is 11.3 Å². The van der Waals surface area contributed by atoms with Crippen LogP contribution in [-0.4, -0.2) is 42.0 Å². The summed E-state index contributed by atoms with van der Waals surface area (Å²) in [5.41, 5.74) is 0.951. The lowest BCUT2D eigenvalue weighted by Crippen LogP contribution is -2.47. The normalized spacial score (nSPS) is 16.8. The molecule has 1 aliphatic heterocycles. The summed E-state index contributed by atoms with van der Waals surface area (Å²) in [6.45, 7) is 3.85. The van der Waals surface area contributed by atoms with E-state index in [1.54, 1.807) is 29.6 Å². The second-order valence-electron chi connectivity index (χ2n) is 7.57. The number of benzene rings is 1. The van der Waals surface area contributed by atoms with Gasteiger partial charge in [-0.2, -0.15) is 13.2 Å². The Morgan fingerprint density at radius 3 is 2.41 bits per heavy atom. The zero-order chi connectivity index (χ0) is 21.4. The highest BCUT2D eigenvalue weighted by atomic mass is 32.2. The first-order valence-electron chi connectivity index (χ1n) is 9.04. The van der Waals surface area contributed by atoms with Crippen molar-refractivity contribution in [1.82, 2.24) is 9.88 Å². The average Bonchev–Trinajstić information content (AvgIpc) is 3.21. The van der Waals surface area contributed by atoms with E-state index in [1.807, 2.05) is 0 Å². The zero-order valence-electron chi connectivity index (χ0n) is 15.9. The quantitative estimate of drug-likeness (QED) is 0.704. The van der Waals surface area contributed by atoms with Gasteiger partial charge in [-0.1, -0.05) is 6.07 Å². The number of rotatable bonds is 4. The molecule has 29 heavy (non-hydrogen) atoms. The van der Waals surface area contributed by atoms with Crippen LogP contribution in [0, 0.1) is 5.92 Å². The fraction of sp³-hybridized carbons (Fsp3) is 0.474. The molecule has 158 valence electrons. The Kier molecular flexibility index (Phi) is 5.79. The summed E-state index contributed by atoms with van der Waals surface area (Å²) < 4.78 is 64.1. The van der Waals surface area contributed by atoms with Crippen LogP contribution in [-0.2, 0) is 16.0 Å². The molecule has 10 heteroatoms. The Bertz CT molecular complexity index is 978. The standard InChI is InChI=1S/C19H21F3N2O3S2/c1-18(2,29(26,27)15-5-3-4-14(10-15)19(20,21)22)13-6-8-24(9-7-13)17(25)16-11-28-12-23-16/h3-5,10-13H,6-9H2,1-2H3. The zero-order valence-corrected chi connectivity index (χ0v) is 17.6. The number of hydrogen-bond donors (Lipinski definition) is 0. The van der Waals surface area contributed by atoms with E-state index in [0.29, 0.717) is 37.7 Å². The molecule has 0 bridgehead atoms. The fourth-order valence-corrected chi connectivity index (χ4v) is 5.97. The number of carbonyl (C=O) groups is 1. The monoisotopic (exact) mass is 446 g/mol.